The number of nitrogens with zero attached hydrogens (tertiary/aromatic N) is 3. The minimum absolute atomic E-state index is 0.101. The van der Waals surface area contributed by atoms with E-state index < -0.39 is 6.23 Å². The van der Waals surface area contributed by atoms with Gasteiger partial charge in [-0.15, -0.1) is 0 Å². The van der Waals surface area contributed by atoms with Crippen LogP contribution in [0.25, 0.3) is 33.4 Å². The van der Waals surface area contributed by atoms with Crippen LogP contribution in [0.4, 0.5) is 11.5 Å². The molecule has 0 radical (unpaired) electrons. The van der Waals surface area contributed by atoms with Gasteiger partial charge in [0.2, 0.25) is 0 Å². The number of aliphatic hydroxyl groups is 1. The molecule has 8 heteroatoms. The van der Waals surface area contributed by atoms with Crippen LogP contribution in [0.15, 0.2) is 67.5 Å². The molecule has 0 saturated heterocycles. The number of fused-ring (bicyclic) bond motifs is 1. The Morgan fingerprint density at radius 1 is 1.11 bits per heavy atom. The molecule has 4 rings (SSSR count). The molecule has 0 spiro atoms. The number of nitrogens with one attached hydrogen (secondary N) is 2. The van der Waals surface area contributed by atoms with Gasteiger partial charge in [-0.25, -0.2) is 9.97 Å². The average molecular weight is 471 g/mol. The summed E-state index contributed by atoms with van der Waals surface area (Å²) in [4.78, 5) is 21.2. The zero-order valence-electron chi connectivity index (χ0n) is 20.1. The Morgan fingerprint density at radius 3 is 2.40 bits per heavy atom. The molecule has 2 aromatic carbocycles. The van der Waals surface area contributed by atoms with Crippen LogP contribution in [0.3, 0.4) is 0 Å². The summed E-state index contributed by atoms with van der Waals surface area (Å²) in [6.45, 7) is 8.32. The highest BCUT2D eigenvalue weighted by Crippen LogP contribution is 2.41. The van der Waals surface area contributed by atoms with Crippen molar-refractivity contribution in [3.8, 4) is 22.4 Å². The van der Waals surface area contributed by atoms with Crippen molar-refractivity contribution in [2.45, 2.75) is 20.1 Å². The second-order valence-electron chi connectivity index (χ2n) is 8.82. The monoisotopic (exact) mass is 470 g/mol. The lowest BCUT2D eigenvalue weighted by Gasteiger charge is -2.13. The second-order valence-corrected chi connectivity index (χ2v) is 8.82. The van der Waals surface area contributed by atoms with E-state index in [0.29, 0.717) is 29.5 Å². The fourth-order valence-corrected chi connectivity index (χ4v) is 4.04. The third-order valence-electron chi connectivity index (χ3n) is 5.80. The summed E-state index contributed by atoms with van der Waals surface area (Å²) < 4.78 is 1.99. The molecule has 0 aliphatic carbocycles. The highest BCUT2D eigenvalue weighted by Gasteiger charge is 2.22. The number of carbonyl (C=O) groups excluding carboxylic acids is 1. The molecule has 0 aliphatic rings. The number of aliphatic hydroxyl groups excluding tert-OH is 1. The number of hydrogen-bond donors (Lipinski definition) is 4. The minimum atomic E-state index is -0.833. The predicted octanol–water partition coefficient (Wildman–Crippen LogP) is 4.19. The number of nitrogen functional groups attached to an aromatic ring is 1. The Balaban J connectivity index is 1.80. The Bertz CT molecular complexity index is 1360. The fourth-order valence-electron chi connectivity index (χ4n) is 4.04. The molecule has 0 bridgehead atoms. The predicted molar refractivity (Wildman–Crippen MR) is 141 cm³/mol. The van der Waals surface area contributed by atoms with E-state index in [2.05, 4.69) is 41.0 Å². The molecule has 8 nitrogen and oxygen atoms in total. The van der Waals surface area contributed by atoms with Crippen molar-refractivity contribution >= 4 is 28.4 Å². The van der Waals surface area contributed by atoms with Crippen LogP contribution < -0.4 is 16.4 Å². The van der Waals surface area contributed by atoms with Gasteiger partial charge in [0.1, 0.15) is 24.0 Å². The number of amides is 1. The molecule has 35 heavy (non-hydrogen) atoms. The normalized spacial score (nSPS) is 12.0. The number of hydrogen-bond acceptors (Lipinski definition) is 6. The van der Waals surface area contributed by atoms with Crippen LogP contribution in [-0.4, -0.2) is 38.3 Å². The van der Waals surface area contributed by atoms with Gasteiger partial charge in [0, 0.05) is 30.4 Å². The topological polar surface area (TPSA) is 118 Å². The van der Waals surface area contributed by atoms with Gasteiger partial charge in [-0.1, -0.05) is 44.7 Å². The van der Waals surface area contributed by atoms with Gasteiger partial charge in [-0.05, 0) is 47.4 Å². The van der Waals surface area contributed by atoms with E-state index in [-0.39, 0.29) is 5.91 Å². The van der Waals surface area contributed by atoms with Gasteiger partial charge in [-0.3, -0.25) is 4.79 Å². The van der Waals surface area contributed by atoms with E-state index in [1.54, 1.807) is 0 Å². The summed E-state index contributed by atoms with van der Waals surface area (Å²) in [5.41, 5.74) is 12.0. The van der Waals surface area contributed by atoms with Gasteiger partial charge >= 0.3 is 0 Å². The largest absolute Gasteiger partial charge is 0.383 e. The third kappa shape index (κ3) is 4.88. The van der Waals surface area contributed by atoms with E-state index in [1.807, 2.05) is 60.1 Å². The Hall–Kier alpha value is -4.17. The number of nitrogens with two attached hydrogens (primary N) is 1. The van der Waals surface area contributed by atoms with E-state index >= 15 is 0 Å². The van der Waals surface area contributed by atoms with E-state index in [4.69, 9.17) is 5.73 Å². The van der Waals surface area contributed by atoms with E-state index in [1.165, 1.54) is 12.4 Å². The van der Waals surface area contributed by atoms with Gasteiger partial charge in [0.05, 0.1) is 11.1 Å². The zero-order chi connectivity index (χ0) is 25.1. The van der Waals surface area contributed by atoms with E-state index in [0.717, 1.165) is 33.5 Å². The summed E-state index contributed by atoms with van der Waals surface area (Å²) in [5.74, 6) is 0.662. The number of anilines is 2. The number of aromatic nitrogens is 3. The molecule has 1 amide bonds. The fraction of sp³-hybridized carbons (Fsp3) is 0.222. The molecule has 180 valence electrons. The molecule has 0 fully saturated rings. The second kappa shape index (κ2) is 9.99. The van der Waals surface area contributed by atoms with Crippen molar-refractivity contribution in [1.82, 2.24) is 19.9 Å². The maximum Gasteiger partial charge on any atom is 0.251 e. The van der Waals surface area contributed by atoms with Crippen LogP contribution in [0, 0.1) is 5.92 Å². The highest BCUT2D eigenvalue weighted by molar-refractivity contribution is 6.08. The van der Waals surface area contributed by atoms with Crippen molar-refractivity contribution in [1.29, 1.82) is 0 Å². The van der Waals surface area contributed by atoms with Crippen LogP contribution in [0.5, 0.6) is 0 Å². The summed E-state index contributed by atoms with van der Waals surface area (Å²) in [5, 5.41) is 16.4. The standard InChI is InChI=1S/C27H30N6O2/c1-5-21(34)32-20-12-10-18(11-13-20)24-22(23-25(28)30-15-31-26(23)33(24)4)17-6-8-19(9-7-17)27(35)29-14-16(2)3/h5-13,15-16,21,32,34H,1,14H2,2-4H3,(H,29,35)(H2,28,30,31). The average Bonchev–Trinajstić information content (AvgIpc) is 3.16. The van der Waals surface area contributed by atoms with Crippen molar-refractivity contribution in [3.05, 3.63) is 73.1 Å². The van der Waals surface area contributed by atoms with Crippen molar-refractivity contribution < 1.29 is 9.90 Å². The van der Waals surface area contributed by atoms with Gasteiger partial charge < -0.3 is 26.0 Å². The molecule has 0 saturated carbocycles. The summed E-state index contributed by atoms with van der Waals surface area (Å²) in [6, 6.07) is 15.2. The first-order chi connectivity index (χ1) is 16.8. The Kier molecular flexibility index (Phi) is 6.84. The third-order valence-corrected chi connectivity index (χ3v) is 5.80. The quantitative estimate of drug-likeness (QED) is 0.227. The molecular formula is C27H30N6O2. The molecule has 1 atom stereocenters. The minimum Gasteiger partial charge on any atom is -0.383 e. The molecule has 1 unspecified atom stereocenters. The maximum absolute atomic E-state index is 12.5. The zero-order valence-corrected chi connectivity index (χ0v) is 20.1. The van der Waals surface area contributed by atoms with Crippen molar-refractivity contribution in [2.75, 3.05) is 17.6 Å². The van der Waals surface area contributed by atoms with Crippen LogP contribution in [0.1, 0.15) is 24.2 Å². The molecule has 4 aromatic rings. The van der Waals surface area contributed by atoms with Crippen LogP contribution >= 0.6 is 0 Å². The molecule has 2 aromatic heterocycles. The number of benzene rings is 2. The highest BCUT2D eigenvalue weighted by atomic mass is 16.3. The molecule has 5 N–H and O–H groups in total. The number of aryl methyl sites for hydroxylation is 1. The molecule has 0 aliphatic heterocycles. The van der Waals surface area contributed by atoms with E-state index in [9.17, 15) is 9.90 Å². The van der Waals surface area contributed by atoms with Crippen LogP contribution in [0.2, 0.25) is 0 Å². The molecule has 2 heterocycles. The SMILES string of the molecule is C=CC(O)Nc1ccc(-c2c(-c3ccc(C(=O)NCC(C)C)cc3)c3c(N)ncnc3n2C)cc1. The lowest BCUT2D eigenvalue weighted by atomic mass is 9.97. The first-order valence-electron chi connectivity index (χ1n) is 11.4. The molecular weight excluding hydrogens is 440 g/mol. The van der Waals surface area contributed by atoms with Gasteiger partial charge in [-0.2, -0.15) is 0 Å². The Labute approximate surface area is 204 Å². The van der Waals surface area contributed by atoms with Gasteiger partial charge in [0.15, 0.2) is 0 Å². The summed E-state index contributed by atoms with van der Waals surface area (Å²) in [7, 11) is 1.94. The number of carbonyl (C=O) groups is 1. The van der Waals surface area contributed by atoms with Crippen molar-refractivity contribution in [2.24, 2.45) is 13.0 Å². The lowest BCUT2D eigenvalue weighted by molar-refractivity contribution is 0.0949. The summed E-state index contributed by atoms with van der Waals surface area (Å²) >= 11 is 0. The van der Waals surface area contributed by atoms with Crippen molar-refractivity contribution in [3.63, 3.8) is 0 Å². The maximum atomic E-state index is 12.5. The number of rotatable bonds is 8. The first-order valence-corrected chi connectivity index (χ1v) is 11.4. The first kappa shape index (κ1) is 24.0. The summed E-state index contributed by atoms with van der Waals surface area (Å²) in [6.07, 6.45) is 2.04. The lowest BCUT2D eigenvalue weighted by Crippen LogP contribution is -2.27. The smallest absolute Gasteiger partial charge is 0.251 e. The van der Waals surface area contributed by atoms with Crippen LogP contribution in [-0.2, 0) is 7.05 Å². The van der Waals surface area contributed by atoms with Gasteiger partial charge in [0.25, 0.3) is 5.91 Å². The Morgan fingerprint density at radius 2 is 1.77 bits per heavy atom.